The van der Waals surface area contributed by atoms with Crippen LogP contribution >= 0.6 is 11.8 Å². The number of nitrogens with zero attached hydrogens (tertiary/aromatic N) is 2. The van der Waals surface area contributed by atoms with Crippen LogP contribution in [0.25, 0.3) is 11.0 Å². The van der Waals surface area contributed by atoms with Gasteiger partial charge in [0.1, 0.15) is 0 Å². The second-order valence-electron chi connectivity index (χ2n) is 3.79. The summed E-state index contributed by atoms with van der Waals surface area (Å²) in [6.07, 6.45) is 0. The average Bonchev–Trinajstić information content (AvgIpc) is 2.53. The Balaban J connectivity index is 2.54. The summed E-state index contributed by atoms with van der Waals surface area (Å²) in [6, 6.07) is 8.32. The van der Waals surface area contributed by atoms with Crippen LogP contribution in [0.5, 0.6) is 0 Å². The minimum atomic E-state index is 0.576. The van der Waals surface area contributed by atoms with Crippen LogP contribution in [0, 0.1) is 0 Å². The number of rotatable bonds is 3. The Morgan fingerprint density at radius 1 is 1.33 bits per heavy atom. The normalized spacial score (nSPS) is 11.5. The Morgan fingerprint density at radius 3 is 2.73 bits per heavy atom. The van der Waals surface area contributed by atoms with Gasteiger partial charge in [0.15, 0.2) is 5.16 Å². The molecule has 2 rings (SSSR count). The molecule has 0 radical (unpaired) electrons. The molecule has 80 valence electrons. The zero-order valence-corrected chi connectivity index (χ0v) is 10.2. The second-order valence-corrected chi connectivity index (χ2v) is 5.34. The maximum Gasteiger partial charge on any atom is 0.169 e. The van der Waals surface area contributed by atoms with Gasteiger partial charge in [0.05, 0.1) is 11.0 Å². The Bertz CT molecular complexity index is 460. The fourth-order valence-electron chi connectivity index (χ4n) is 1.66. The fraction of sp³-hybridized carbons (Fsp3) is 0.417. The number of aryl methyl sites for hydroxylation is 1. The molecule has 0 saturated carbocycles. The van der Waals surface area contributed by atoms with Crippen molar-refractivity contribution in [3.8, 4) is 0 Å². The number of fused-ring (bicyclic) bond motifs is 1. The van der Waals surface area contributed by atoms with Gasteiger partial charge in [0.25, 0.3) is 0 Å². The number of aromatic nitrogens is 2. The molecule has 15 heavy (non-hydrogen) atoms. The van der Waals surface area contributed by atoms with Gasteiger partial charge in [-0.05, 0) is 19.1 Å². The molecule has 1 heterocycles. The number of hydrogen-bond acceptors (Lipinski definition) is 2. The van der Waals surface area contributed by atoms with Gasteiger partial charge in [0.2, 0.25) is 0 Å². The van der Waals surface area contributed by atoms with Crippen LogP contribution in [0.2, 0.25) is 0 Å². The van der Waals surface area contributed by atoms with E-state index in [-0.39, 0.29) is 0 Å². The summed E-state index contributed by atoms with van der Waals surface area (Å²) in [7, 11) is 0. The molecule has 1 aromatic carbocycles. The van der Waals surface area contributed by atoms with Crippen LogP contribution in [0.4, 0.5) is 0 Å². The molecule has 0 saturated heterocycles. The molecular weight excluding hydrogens is 204 g/mol. The minimum absolute atomic E-state index is 0.576. The van der Waals surface area contributed by atoms with E-state index in [1.54, 1.807) is 0 Å². The van der Waals surface area contributed by atoms with Gasteiger partial charge < -0.3 is 4.57 Å². The number of para-hydroxylation sites is 2. The monoisotopic (exact) mass is 220 g/mol. The van der Waals surface area contributed by atoms with Crippen molar-refractivity contribution in [2.75, 3.05) is 0 Å². The van der Waals surface area contributed by atoms with Crippen molar-refractivity contribution in [3.63, 3.8) is 0 Å². The lowest BCUT2D eigenvalue weighted by Crippen LogP contribution is -1.98. The average molecular weight is 220 g/mol. The zero-order chi connectivity index (χ0) is 10.8. The van der Waals surface area contributed by atoms with Gasteiger partial charge in [-0.2, -0.15) is 0 Å². The number of imidazole rings is 1. The molecule has 0 N–H and O–H groups in total. The summed E-state index contributed by atoms with van der Waals surface area (Å²) in [5, 5.41) is 1.71. The molecule has 0 aliphatic heterocycles. The first-order valence-electron chi connectivity index (χ1n) is 5.34. The van der Waals surface area contributed by atoms with E-state index in [2.05, 4.69) is 48.5 Å². The van der Waals surface area contributed by atoms with Gasteiger partial charge in [-0.1, -0.05) is 37.7 Å². The summed E-state index contributed by atoms with van der Waals surface area (Å²) >= 11 is 1.83. The largest absolute Gasteiger partial charge is 0.319 e. The maximum absolute atomic E-state index is 4.65. The zero-order valence-electron chi connectivity index (χ0n) is 9.40. The highest BCUT2D eigenvalue weighted by Gasteiger charge is 2.10. The maximum atomic E-state index is 4.65. The van der Waals surface area contributed by atoms with Crippen LogP contribution in [0.3, 0.4) is 0 Å². The molecular formula is C12H16N2S. The van der Waals surface area contributed by atoms with Crippen molar-refractivity contribution in [1.82, 2.24) is 9.55 Å². The first kappa shape index (κ1) is 10.6. The Labute approximate surface area is 94.7 Å². The molecule has 0 unspecified atom stereocenters. The predicted octanol–water partition coefficient (Wildman–Crippen LogP) is 3.56. The summed E-state index contributed by atoms with van der Waals surface area (Å²) in [5.74, 6) is 0. The Kier molecular flexibility index (Phi) is 3.00. The van der Waals surface area contributed by atoms with Gasteiger partial charge >= 0.3 is 0 Å². The van der Waals surface area contributed by atoms with E-state index in [1.165, 1.54) is 5.52 Å². The van der Waals surface area contributed by atoms with Crippen molar-refractivity contribution < 1.29 is 0 Å². The van der Waals surface area contributed by atoms with Crippen LogP contribution in [-0.4, -0.2) is 14.8 Å². The molecule has 0 atom stereocenters. The minimum Gasteiger partial charge on any atom is -0.319 e. The van der Waals surface area contributed by atoms with E-state index >= 15 is 0 Å². The van der Waals surface area contributed by atoms with Crippen molar-refractivity contribution >= 4 is 22.8 Å². The van der Waals surface area contributed by atoms with E-state index in [9.17, 15) is 0 Å². The van der Waals surface area contributed by atoms with Gasteiger partial charge in [-0.15, -0.1) is 0 Å². The third kappa shape index (κ3) is 2.02. The third-order valence-corrected chi connectivity index (χ3v) is 3.27. The number of benzene rings is 1. The van der Waals surface area contributed by atoms with Crippen molar-refractivity contribution in [2.45, 2.75) is 37.7 Å². The number of hydrogen-bond donors (Lipinski definition) is 0. The quantitative estimate of drug-likeness (QED) is 0.736. The highest BCUT2D eigenvalue weighted by molar-refractivity contribution is 7.99. The molecule has 0 fully saturated rings. The summed E-state index contributed by atoms with van der Waals surface area (Å²) in [5.41, 5.74) is 2.34. The van der Waals surface area contributed by atoms with Crippen molar-refractivity contribution in [2.24, 2.45) is 0 Å². The molecule has 0 spiro atoms. The van der Waals surface area contributed by atoms with Gasteiger partial charge in [0, 0.05) is 11.8 Å². The fourth-order valence-corrected chi connectivity index (χ4v) is 2.59. The molecule has 2 aromatic rings. The molecule has 0 bridgehead atoms. The lowest BCUT2D eigenvalue weighted by molar-refractivity contribution is 0.701. The summed E-state index contributed by atoms with van der Waals surface area (Å²) in [6.45, 7) is 7.54. The topological polar surface area (TPSA) is 17.8 Å². The van der Waals surface area contributed by atoms with Crippen molar-refractivity contribution in [3.05, 3.63) is 24.3 Å². The van der Waals surface area contributed by atoms with E-state index in [0.717, 1.165) is 17.2 Å². The molecule has 0 aliphatic carbocycles. The molecule has 0 amide bonds. The third-order valence-electron chi connectivity index (χ3n) is 2.28. The second kappa shape index (κ2) is 4.27. The van der Waals surface area contributed by atoms with Crippen LogP contribution < -0.4 is 0 Å². The lowest BCUT2D eigenvalue weighted by Gasteiger charge is -2.06. The Morgan fingerprint density at radius 2 is 2.07 bits per heavy atom. The standard InChI is InChI=1S/C12H16N2S/c1-4-14-11-8-6-5-7-10(11)13-12(14)15-9(2)3/h5-9H,4H2,1-3H3. The van der Waals surface area contributed by atoms with E-state index in [4.69, 9.17) is 0 Å². The number of thioether (sulfide) groups is 1. The van der Waals surface area contributed by atoms with E-state index in [1.807, 2.05) is 17.8 Å². The van der Waals surface area contributed by atoms with Gasteiger partial charge in [-0.3, -0.25) is 0 Å². The molecule has 0 aliphatic rings. The SMILES string of the molecule is CCn1c(SC(C)C)nc2ccccc21. The lowest BCUT2D eigenvalue weighted by atomic mass is 10.3. The van der Waals surface area contributed by atoms with E-state index in [0.29, 0.717) is 5.25 Å². The first-order valence-corrected chi connectivity index (χ1v) is 6.22. The van der Waals surface area contributed by atoms with Crippen LogP contribution in [-0.2, 0) is 6.54 Å². The summed E-state index contributed by atoms with van der Waals surface area (Å²) < 4.78 is 2.28. The highest BCUT2D eigenvalue weighted by Crippen LogP contribution is 2.26. The Hall–Kier alpha value is -0.960. The molecule has 3 heteroatoms. The first-order chi connectivity index (χ1) is 7.22. The van der Waals surface area contributed by atoms with Crippen molar-refractivity contribution in [1.29, 1.82) is 0 Å². The van der Waals surface area contributed by atoms with E-state index < -0.39 is 0 Å². The molecule has 2 nitrogen and oxygen atoms in total. The smallest absolute Gasteiger partial charge is 0.169 e. The van der Waals surface area contributed by atoms with Crippen LogP contribution in [0.15, 0.2) is 29.4 Å². The summed E-state index contributed by atoms with van der Waals surface area (Å²) in [4.78, 5) is 4.65. The molecule has 1 aromatic heterocycles. The van der Waals surface area contributed by atoms with Crippen LogP contribution in [0.1, 0.15) is 20.8 Å². The predicted molar refractivity (Wildman–Crippen MR) is 66.4 cm³/mol. The highest BCUT2D eigenvalue weighted by atomic mass is 32.2. The van der Waals surface area contributed by atoms with Gasteiger partial charge in [-0.25, -0.2) is 4.98 Å².